The second-order valence-corrected chi connectivity index (χ2v) is 9.15. The van der Waals surface area contributed by atoms with Gasteiger partial charge in [0.15, 0.2) is 0 Å². The van der Waals surface area contributed by atoms with Crippen LogP contribution >= 0.6 is 0 Å². The highest BCUT2D eigenvalue weighted by atomic mass is 16.4. The van der Waals surface area contributed by atoms with Crippen molar-refractivity contribution in [2.24, 2.45) is 0 Å². The third-order valence-electron chi connectivity index (χ3n) is 6.21. The van der Waals surface area contributed by atoms with Crippen molar-refractivity contribution in [1.29, 1.82) is 0 Å². The smallest absolute Gasteiger partial charge is 0.326 e. The number of benzene rings is 2. The molecule has 1 unspecified atom stereocenters. The quantitative estimate of drug-likeness (QED) is 0.267. The Morgan fingerprint density at radius 1 is 0.914 bits per heavy atom. The van der Waals surface area contributed by atoms with Crippen molar-refractivity contribution in [3.63, 3.8) is 0 Å². The van der Waals surface area contributed by atoms with Gasteiger partial charge in [-0.05, 0) is 29.7 Å². The molecule has 0 fully saturated rings. The molecule has 35 heavy (non-hydrogen) atoms. The summed E-state index contributed by atoms with van der Waals surface area (Å²) < 4.78 is 0. The minimum atomic E-state index is -1.07. The van der Waals surface area contributed by atoms with Crippen molar-refractivity contribution in [3.8, 4) is 0 Å². The van der Waals surface area contributed by atoms with Crippen molar-refractivity contribution < 1.29 is 9.90 Å². The Morgan fingerprint density at radius 3 is 2.20 bits per heavy atom. The van der Waals surface area contributed by atoms with Gasteiger partial charge in [0.2, 0.25) is 0 Å². The Balaban J connectivity index is 1.85. The summed E-state index contributed by atoms with van der Waals surface area (Å²) in [6.07, 6.45) is 4.31. The van der Waals surface area contributed by atoms with E-state index in [-0.39, 0.29) is 12.1 Å². The molecule has 0 amide bonds. The molecule has 0 aliphatic carbocycles. The Morgan fingerprint density at radius 2 is 1.60 bits per heavy atom. The molecule has 3 rings (SSSR count). The Hall–Kier alpha value is -3.61. The number of carbonyl (C=O) groups is 1. The molecule has 7 heteroatoms. The first-order valence-corrected chi connectivity index (χ1v) is 12.2. The zero-order valence-electron chi connectivity index (χ0n) is 20.8. The normalized spacial score (nSPS) is 11.9. The van der Waals surface area contributed by atoms with E-state index >= 15 is 0 Å². The second-order valence-electron chi connectivity index (χ2n) is 9.15. The van der Waals surface area contributed by atoms with Gasteiger partial charge in [-0.1, -0.05) is 68.7 Å². The number of nitrogens with zero attached hydrogens (tertiary/aromatic N) is 2. The number of hydrogen-bond acceptors (Lipinski definition) is 6. The van der Waals surface area contributed by atoms with Crippen LogP contribution in [0.15, 0.2) is 64.2 Å². The number of hydrogen-bond donors (Lipinski definition) is 2. The minimum absolute atomic E-state index is 0.110. The predicted molar refractivity (Wildman–Crippen MR) is 143 cm³/mol. The fraction of sp³-hybridized carbons (Fsp3) is 0.393. The van der Waals surface area contributed by atoms with Crippen LogP contribution in [0.25, 0.3) is 0 Å². The van der Waals surface area contributed by atoms with Crippen LogP contribution in [0.1, 0.15) is 43.7 Å². The molecule has 7 nitrogen and oxygen atoms in total. The van der Waals surface area contributed by atoms with Crippen molar-refractivity contribution in [2.45, 2.75) is 51.6 Å². The van der Waals surface area contributed by atoms with E-state index in [1.54, 1.807) is 0 Å². The second kappa shape index (κ2) is 12.2. The van der Waals surface area contributed by atoms with Crippen LogP contribution in [-0.2, 0) is 17.8 Å². The predicted octanol–water partition coefficient (Wildman–Crippen LogP) is 4.04. The summed E-state index contributed by atoms with van der Waals surface area (Å²) in [4.78, 5) is 41.2. The molecule has 3 aromatic carbocycles. The third-order valence-corrected chi connectivity index (χ3v) is 6.21. The molecular weight excluding hydrogens is 442 g/mol. The summed E-state index contributed by atoms with van der Waals surface area (Å²) >= 11 is 0. The highest BCUT2D eigenvalue weighted by Gasteiger charge is 2.30. The Labute approximate surface area is 206 Å². The number of nitrogens with one attached hydrogen (secondary N) is 1. The van der Waals surface area contributed by atoms with E-state index in [2.05, 4.69) is 12.2 Å². The molecule has 1 atom stereocenters. The molecule has 0 aliphatic rings. The van der Waals surface area contributed by atoms with Gasteiger partial charge in [0.1, 0.15) is 17.4 Å². The van der Waals surface area contributed by atoms with Gasteiger partial charge < -0.3 is 20.2 Å². The third kappa shape index (κ3) is 6.72. The fourth-order valence-electron chi connectivity index (χ4n) is 4.16. The van der Waals surface area contributed by atoms with Gasteiger partial charge in [0.05, 0.1) is 0 Å². The molecular formula is C28H35N3O4. The molecule has 0 radical (unpaired) electrons. The number of unbranched alkanes of at least 4 members (excludes halogenated alkanes) is 3. The van der Waals surface area contributed by atoms with Crippen LogP contribution in [0.4, 0.5) is 17.1 Å². The SMILES string of the molecule is CCCCCCN(Cc1ccc(N(C)C)cc1)c1c(NC(Cc2ccccc2)C(=O)O)c(=O)c1=O. The maximum Gasteiger partial charge on any atom is 0.326 e. The van der Waals surface area contributed by atoms with Crippen LogP contribution < -0.4 is 26.0 Å². The largest absolute Gasteiger partial charge is 0.480 e. The zero-order chi connectivity index (χ0) is 25.4. The monoisotopic (exact) mass is 477 g/mol. The van der Waals surface area contributed by atoms with E-state index < -0.39 is 22.9 Å². The average molecular weight is 478 g/mol. The number of carboxylic acid groups (broad SMARTS) is 1. The molecule has 0 saturated carbocycles. The standard InChI is InChI=1S/C28H35N3O4/c1-4-5-6-10-17-31(19-21-13-15-22(16-14-21)30(2)3)25-24(26(32)27(25)33)29-23(28(34)35)18-20-11-8-7-9-12-20/h7-9,11-16,23,29H,4-6,10,17-19H2,1-3H3,(H,34,35). The number of rotatable bonds is 14. The topological polar surface area (TPSA) is 89.9 Å². The van der Waals surface area contributed by atoms with Gasteiger partial charge >= 0.3 is 5.97 Å². The minimum Gasteiger partial charge on any atom is -0.480 e. The van der Waals surface area contributed by atoms with Crippen molar-refractivity contribution in [3.05, 3.63) is 86.2 Å². The summed E-state index contributed by atoms with van der Waals surface area (Å²) in [5, 5.41) is 12.7. The summed E-state index contributed by atoms with van der Waals surface area (Å²) in [6.45, 7) is 3.22. The first-order chi connectivity index (χ1) is 16.8. The fourth-order valence-corrected chi connectivity index (χ4v) is 4.16. The molecule has 0 spiro atoms. The maximum absolute atomic E-state index is 12.7. The van der Waals surface area contributed by atoms with Crippen molar-refractivity contribution >= 4 is 23.0 Å². The Kier molecular flexibility index (Phi) is 9.06. The number of aliphatic carboxylic acids is 1. The van der Waals surface area contributed by atoms with Crippen LogP contribution in [0, 0.1) is 0 Å². The van der Waals surface area contributed by atoms with Crippen LogP contribution in [0.2, 0.25) is 0 Å². The summed E-state index contributed by atoms with van der Waals surface area (Å²) in [7, 11) is 3.95. The van der Waals surface area contributed by atoms with E-state index in [4.69, 9.17) is 0 Å². The first kappa shape index (κ1) is 26.0. The summed E-state index contributed by atoms with van der Waals surface area (Å²) in [5.74, 6) is -1.07. The lowest BCUT2D eigenvalue weighted by Gasteiger charge is -2.29. The lowest BCUT2D eigenvalue weighted by Crippen LogP contribution is -2.45. The van der Waals surface area contributed by atoms with Gasteiger partial charge in [-0.3, -0.25) is 9.59 Å². The molecule has 0 aromatic heterocycles. The van der Waals surface area contributed by atoms with E-state index in [1.807, 2.05) is 78.5 Å². The molecule has 2 N–H and O–H groups in total. The molecule has 0 saturated heterocycles. The van der Waals surface area contributed by atoms with E-state index in [0.29, 0.717) is 18.8 Å². The van der Waals surface area contributed by atoms with Crippen LogP contribution in [0.3, 0.4) is 0 Å². The van der Waals surface area contributed by atoms with Gasteiger partial charge in [0, 0.05) is 39.3 Å². The van der Waals surface area contributed by atoms with Gasteiger partial charge in [-0.25, -0.2) is 4.79 Å². The average Bonchev–Trinajstić information content (AvgIpc) is 2.85. The van der Waals surface area contributed by atoms with Gasteiger partial charge in [-0.2, -0.15) is 0 Å². The van der Waals surface area contributed by atoms with Gasteiger partial charge in [0.25, 0.3) is 10.9 Å². The van der Waals surface area contributed by atoms with E-state index in [9.17, 15) is 19.5 Å². The van der Waals surface area contributed by atoms with Crippen LogP contribution in [-0.4, -0.2) is 37.8 Å². The lowest BCUT2D eigenvalue weighted by molar-refractivity contribution is -0.137. The summed E-state index contributed by atoms with van der Waals surface area (Å²) in [5.41, 5.74) is 2.12. The number of anilines is 3. The highest BCUT2D eigenvalue weighted by molar-refractivity contribution is 5.83. The molecule has 0 heterocycles. The van der Waals surface area contributed by atoms with Crippen LogP contribution in [0.5, 0.6) is 0 Å². The first-order valence-electron chi connectivity index (χ1n) is 12.2. The maximum atomic E-state index is 12.7. The molecule has 186 valence electrons. The molecule has 3 aromatic rings. The van der Waals surface area contributed by atoms with Crippen molar-refractivity contribution in [1.82, 2.24) is 0 Å². The number of carboxylic acids is 1. The summed E-state index contributed by atoms with van der Waals surface area (Å²) in [6, 6.07) is 16.3. The Bertz CT molecular complexity index is 1170. The molecule has 0 aliphatic heterocycles. The molecule has 0 bridgehead atoms. The highest BCUT2D eigenvalue weighted by Crippen LogP contribution is 2.25. The van der Waals surface area contributed by atoms with Gasteiger partial charge in [-0.15, -0.1) is 0 Å². The van der Waals surface area contributed by atoms with E-state index in [0.717, 1.165) is 42.5 Å². The zero-order valence-corrected chi connectivity index (χ0v) is 20.8. The van der Waals surface area contributed by atoms with E-state index in [1.165, 1.54) is 0 Å². The van der Waals surface area contributed by atoms with Crippen molar-refractivity contribution in [2.75, 3.05) is 35.8 Å². The lowest BCUT2D eigenvalue weighted by atomic mass is 10.0.